The summed E-state index contributed by atoms with van der Waals surface area (Å²) in [5, 5.41) is 0. The van der Waals surface area contributed by atoms with Gasteiger partial charge in [0.1, 0.15) is 5.69 Å². The predicted octanol–water partition coefficient (Wildman–Crippen LogP) is 3.67. The zero-order valence-corrected chi connectivity index (χ0v) is 15.8. The predicted molar refractivity (Wildman–Crippen MR) is 101 cm³/mol. The summed E-state index contributed by atoms with van der Waals surface area (Å²) in [5.74, 6) is -0.00153. The first kappa shape index (κ1) is 18.2. The van der Waals surface area contributed by atoms with Crippen LogP contribution in [0, 0.1) is 0 Å². The van der Waals surface area contributed by atoms with Gasteiger partial charge in [0.2, 0.25) is 0 Å². The van der Waals surface area contributed by atoms with Gasteiger partial charge in [0.05, 0.1) is 10.9 Å². The first-order chi connectivity index (χ1) is 12.1. The molecule has 3 rings (SSSR count). The first-order valence-corrected chi connectivity index (χ1v) is 9.73. The minimum absolute atomic E-state index is 0.0150. The van der Waals surface area contributed by atoms with Crippen LogP contribution in [-0.2, 0) is 6.54 Å². The van der Waals surface area contributed by atoms with Gasteiger partial charge in [-0.3, -0.25) is 14.5 Å². The monoisotopic (exact) mass is 379 g/mol. The summed E-state index contributed by atoms with van der Waals surface area (Å²) >= 11 is 7.50. The van der Waals surface area contributed by atoms with E-state index in [0.29, 0.717) is 24.3 Å². The third kappa shape index (κ3) is 4.51. The van der Waals surface area contributed by atoms with E-state index >= 15 is 0 Å². The van der Waals surface area contributed by atoms with Crippen LogP contribution in [0.1, 0.15) is 45.5 Å². The molecule has 1 fully saturated rings. The fourth-order valence-electron chi connectivity index (χ4n) is 3.00. The molecule has 25 heavy (non-hydrogen) atoms. The summed E-state index contributed by atoms with van der Waals surface area (Å²) in [6, 6.07) is 5.54. The smallest absolute Gasteiger partial charge is 0.270 e. The number of halogens is 1. The van der Waals surface area contributed by atoms with E-state index in [0.717, 1.165) is 41.7 Å². The fraction of sp³-hybridized carbons (Fsp3) is 0.444. The maximum absolute atomic E-state index is 12.6. The van der Waals surface area contributed by atoms with Gasteiger partial charge in [0, 0.05) is 36.3 Å². The topological polar surface area (TPSA) is 56.4 Å². The summed E-state index contributed by atoms with van der Waals surface area (Å²) in [7, 11) is 0. The van der Waals surface area contributed by atoms with Gasteiger partial charge in [-0.25, -0.2) is 0 Å². The lowest BCUT2D eigenvalue weighted by atomic mass is 10.2. The molecule has 1 aliphatic heterocycles. The molecule has 3 heterocycles. The molecule has 134 valence electrons. The van der Waals surface area contributed by atoms with Crippen LogP contribution in [0.3, 0.4) is 0 Å². The average molecular weight is 380 g/mol. The number of aromatic amines is 1. The highest BCUT2D eigenvalue weighted by Crippen LogP contribution is 2.23. The lowest BCUT2D eigenvalue weighted by Crippen LogP contribution is -2.29. The number of likely N-dealkylation sites (tertiary alicyclic amines) is 1. The van der Waals surface area contributed by atoms with Crippen LogP contribution in [0.15, 0.2) is 24.4 Å². The third-order valence-corrected chi connectivity index (χ3v) is 5.67. The molecular weight excluding hydrogens is 358 g/mol. The molecule has 1 saturated heterocycles. The molecule has 0 unspecified atom stereocenters. The lowest BCUT2D eigenvalue weighted by Gasteiger charge is -2.18. The summed E-state index contributed by atoms with van der Waals surface area (Å²) in [4.78, 5) is 32.9. The molecule has 0 aliphatic carbocycles. The number of amides is 1. The van der Waals surface area contributed by atoms with Gasteiger partial charge >= 0.3 is 0 Å². The highest BCUT2D eigenvalue weighted by molar-refractivity contribution is 7.16. The van der Waals surface area contributed by atoms with Gasteiger partial charge in [-0.1, -0.05) is 18.5 Å². The number of Topliss-reactive ketones (excluding diaryl/α,β-unsaturated/α-hetero) is 1. The minimum Gasteiger partial charge on any atom is -0.356 e. The maximum atomic E-state index is 12.6. The van der Waals surface area contributed by atoms with Crippen molar-refractivity contribution >= 4 is 34.6 Å². The molecule has 0 radical (unpaired) electrons. The van der Waals surface area contributed by atoms with Gasteiger partial charge in [-0.2, -0.15) is 0 Å². The maximum Gasteiger partial charge on any atom is 0.270 e. The Labute approximate surface area is 156 Å². The van der Waals surface area contributed by atoms with Crippen LogP contribution in [0.5, 0.6) is 0 Å². The molecule has 0 atom stereocenters. The number of rotatable bonds is 7. The summed E-state index contributed by atoms with van der Waals surface area (Å²) < 4.78 is 0.757. The van der Waals surface area contributed by atoms with Crippen molar-refractivity contribution in [2.24, 2.45) is 0 Å². The van der Waals surface area contributed by atoms with Crippen molar-refractivity contribution in [2.45, 2.75) is 26.3 Å². The van der Waals surface area contributed by atoms with Gasteiger partial charge in [-0.15, -0.1) is 11.3 Å². The van der Waals surface area contributed by atoms with Gasteiger partial charge in [0.25, 0.3) is 5.91 Å². The Morgan fingerprint density at radius 3 is 2.72 bits per heavy atom. The highest BCUT2D eigenvalue weighted by Gasteiger charge is 2.22. The van der Waals surface area contributed by atoms with Crippen LogP contribution in [-0.4, -0.2) is 52.7 Å². The largest absolute Gasteiger partial charge is 0.356 e. The summed E-state index contributed by atoms with van der Waals surface area (Å²) in [6.45, 7) is 5.42. The number of hydrogen-bond donors (Lipinski definition) is 1. The number of ketones is 1. The van der Waals surface area contributed by atoms with Crippen LogP contribution in [0.2, 0.25) is 4.34 Å². The molecule has 7 heteroatoms. The van der Waals surface area contributed by atoms with Crippen LogP contribution in [0.25, 0.3) is 0 Å². The Balaban J connectivity index is 1.61. The van der Waals surface area contributed by atoms with Gasteiger partial charge in [-0.05, 0) is 37.6 Å². The SMILES string of the molecule is CCN(CC(=O)c1c[nH]c(C(=O)N2CCCC2)c1)Cc1ccc(Cl)s1. The number of hydrogen-bond acceptors (Lipinski definition) is 4. The van der Waals surface area contributed by atoms with Crippen LogP contribution < -0.4 is 0 Å². The number of carbonyl (C=O) groups is 2. The average Bonchev–Trinajstić information content (AvgIpc) is 3.35. The summed E-state index contributed by atoms with van der Waals surface area (Å²) in [6.07, 6.45) is 3.74. The van der Waals surface area contributed by atoms with Crippen molar-refractivity contribution in [2.75, 3.05) is 26.2 Å². The second kappa shape index (κ2) is 8.17. The zero-order chi connectivity index (χ0) is 17.8. The van der Waals surface area contributed by atoms with E-state index in [1.807, 2.05) is 24.0 Å². The standard InChI is InChI=1S/C18H22ClN3O2S/c1-2-21(11-14-5-6-17(19)25-14)12-16(23)13-9-15(20-10-13)18(24)22-7-3-4-8-22/h5-6,9-10,20H,2-4,7-8,11-12H2,1H3. The van der Waals surface area contributed by atoms with E-state index in [-0.39, 0.29) is 11.7 Å². The van der Waals surface area contributed by atoms with Gasteiger partial charge in [0.15, 0.2) is 5.78 Å². The normalized spacial score (nSPS) is 14.4. The Hall–Kier alpha value is -1.63. The number of thiophene rings is 1. The van der Waals surface area contributed by atoms with Crippen LogP contribution >= 0.6 is 22.9 Å². The van der Waals surface area contributed by atoms with Gasteiger partial charge < -0.3 is 9.88 Å². The van der Waals surface area contributed by atoms with E-state index in [2.05, 4.69) is 9.88 Å². The number of nitrogens with zero attached hydrogens (tertiary/aromatic N) is 2. The molecule has 0 saturated carbocycles. The third-order valence-electron chi connectivity index (χ3n) is 4.45. The molecule has 1 aliphatic rings. The molecule has 5 nitrogen and oxygen atoms in total. The quantitative estimate of drug-likeness (QED) is 0.747. The Bertz CT molecular complexity index is 749. The molecule has 1 N–H and O–H groups in total. The lowest BCUT2D eigenvalue weighted by molar-refractivity contribution is 0.0787. The second-order valence-electron chi connectivity index (χ2n) is 6.23. The number of carbonyl (C=O) groups excluding carboxylic acids is 2. The number of nitrogens with one attached hydrogen (secondary N) is 1. The van der Waals surface area contributed by atoms with Crippen molar-refractivity contribution in [1.29, 1.82) is 0 Å². The summed E-state index contributed by atoms with van der Waals surface area (Å²) in [5.41, 5.74) is 1.06. The van der Waals surface area contributed by atoms with E-state index in [1.54, 1.807) is 12.3 Å². The fourth-order valence-corrected chi connectivity index (χ4v) is 4.13. The van der Waals surface area contributed by atoms with Crippen LogP contribution in [0.4, 0.5) is 0 Å². The Morgan fingerprint density at radius 2 is 2.08 bits per heavy atom. The van der Waals surface area contributed by atoms with E-state index in [1.165, 1.54) is 11.3 Å². The molecule has 1 amide bonds. The van der Waals surface area contributed by atoms with E-state index in [9.17, 15) is 9.59 Å². The van der Waals surface area contributed by atoms with Crippen molar-refractivity contribution in [1.82, 2.24) is 14.8 Å². The molecule has 2 aromatic heterocycles. The second-order valence-corrected chi connectivity index (χ2v) is 8.03. The van der Waals surface area contributed by atoms with Crippen molar-refractivity contribution < 1.29 is 9.59 Å². The van der Waals surface area contributed by atoms with Crippen molar-refractivity contribution in [3.63, 3.8) is 0 Å². The number of H-pyrrole nitrogens is 1. The Kier molecular flexibility index (Phi) is 5.93. The molecule has 2 aromatic rings. The number of likely N-dealkylation sites (N-methyl/N-ethyl adjacent to an activating group) is 1. The number of aromatic nitrogens is 1. The molecule has 0 spiro atoms. The van der Waals surface area contributed by atoms with E-state index < -0.39 is 0 Å². The highest BCUT2D eigenvalue weighted by atomic mass is 35.5. The van der Waals surface area contributed by atoms with E-state index in [4.69, 9.17) is 11.6 Å². The first-order valence-electron chi connectivity index (χ1n) is 8.54. The van der Waals surface area contributed by atoms with Crippen molar-refractivity contribution in [3.8, 4) is 0 Å². The zero-order valence-electron chi connectivity index (χ0n) is 14.3. The van der Waals surface area contributed by atoms with Crippen molar-refractivity contribution in [3.05, 3.63) is 44.9 Å². The molecular formula is C18H22ClN3O2S. The molecule has 0 aromatic carbocycles. The minimum atomic E-state index is -0.0166. The Morgan fingerprint density at radius 1 is 1.32 bits per heavy atom. The molecule has 0 bridgehead atoms.